The number of anilines is 1. The number of nitrogens with zero attached hydrogens (tertiary/aromatic N) is 2. The molecule has 0 aliphatic heterocycles. The molecule has 0 bridgehead atoms. The minimum Gasteiger partial charge on any atom is -0.508 e. The molecular weight excluding hydrogens is 550 g/mol. The number of rotatable bonds is 4. The Morgan fingerprint density at radius 3 is 2.14 bits per heavy atom. The first-order chi connectivity index (χ1) is 19.9. The van der Waals surface area contributed by atoms with Gasteiger partial charge in [0.25, 0.3) is 5.91 Å². The van der Waals surface area contributed by atoms with E-state index >= 15 is 0 Å². The van der Waals surface area contributed by atoms with E-state index in [-0.39, 0.29) is 29.7 Å². The van der Waals surface area contributed by atoms with Crippen molar-refractivity contribution in [2.45, 2.75) is 50.7 Å². The van der Waals surface area contributed by atoms with Crippen molar-refractivity contribution in [3.63, 3.8) is 0 Å². The zero-order valence-corrected chi connectivity index (χ0v) is 25.5. The highest BCUT2D eigenvalue weighted by atomic mass is 16.3. The largest absolute Gasteiger partial charge is 0.508 e. The number of carbonyl (C=O) groups is 3. The Balaban J connectivity index is 1.79. The Kier molecular flexibility index (Phi) is 7.02. The van der Waals surface area contributed by atoms with Gasteiger partial charge in [-0.1, -0.05) is 32.9 Å². The van der Waals surface area contributed by atoms with Gasteiger partial charge in [0.2, 0.25) is 5.78 Å². The summed E-state index contributed by atoms with van der Waals surface area (Å²) in [6.07, 6.45) is 0.254. The van der Waals surface area contributed by atoms with Crippen LogP contribution in [-0.4, -0.2) is 82.6 Å². The molecule has 43 heavy (non-hydrogen) atoms. The molecule has 5 rings (SSSR count). The predicted octanol–water partition coefficient (Wildman–Crippen LogP) is 2.99. The van der Waals surface area contributed by atoms with Gasteiger partial charge in [-0.25, -0.2) is 0 Å². The van der Waals surface area contributed by atoms with Crippen molar-refractivity contribution in [3.8, 4) is 16.9 Å². The van der Waals surface area contributed by atoms with Crippen LogP contribution in [0.5, 0.6) is 5.75 Å². The van der Waals surface area contributed by atoms with E-state index in [4.69, 9.17) is 5.73 Å². The number of Topliss-reactive ketones (excluding diaryl/α,β-unsaturated/α-hetero) is 2. The third kappa shape index (κ3) is 4.34. The Bertz CT molecular complexity index is 1630. The number of amides is 1. The number of fused-ring (bicyclic) bond motifs is 3. The zero-order chi connectivity index (χ0) is 31.9. The summed E-state index contributed by atoms with van der Waals surface area (Å²) in [6.45, 7) is 5.78. The fraction of sp³-hybridized carbons (Fsp3) is 0.424. The fourth-order valence-electron chi connectivity index (χ4n) is 7.08. The molecule has 2 aromatic carbocycles. The van der Waals surface area contributed by atoms with Gasteiger partial charge in [-0.3, -0.25) is 19.3 Å². The Hall–Kier alpha value is -4.15. The number of aromatic hydroxyl groups is 1. The van der Waals surface area contributed by atoms with Gasteiger partial charge in [-0.15, -0.1) is 0 Å². The first kappa shape index (κ1) is 30.3. The lowest BCUT2D eigenvalue weighted by Gasteiger charge is -2.50. The van der Waals surface area contributed by atoms with Gasteiger partial charge in [-0.2, -0.15) is 0 Å². The fourth-order valence-corrected chi connectivity index (χ4v) is 7.08. The molecule has 2 aromatic rings. The van der Waals surface area contributed by atoms with Crippen LogP contribution >= 0.6 is 0 Å². The summed E-state index contributed by atoms with van der Waals surface area (Å²) in [6, 6.07) is 8.66. The highest BCUT2D eigenvalue weighted by Gasteiger charge is 2.64. The van der Waals surface area contributed by atoms with Gasteiger partial charge in [-0.05, 0) is 73.2 Å². The Morgan fingerprint density at radius 1 is 1.02 bits per heavy atom. The number of carbonyl (C=O) groups excluding carboxylic acids is 3. The SMILES string of the molecule is CN(C)c1ccc(-c2cc(C(C)(C)C)c(O)c3c2C[C@@H]2C[C@@H]4C(N(C)C)C(=O)C(C(N)=O)=C(O)[C@]4(O)C(=O)C2=C3O)cc1. The van der Waals surface area contributed by atoms with Crippen molar-refractivity contribution >= 4 is 28.9 Å². The molecule has 1 unspecified atom stereocenters. The van der Waals surface area contributed by atoms with Crippen LogP contribution in [0.1, 0.15) is 43.9 Å². The summed E-state index contributed by atoms with van der Waals surface area (Å²) in [4.78, 5) is 43.3. The smallest absolute Gasteiger partial charge is 0.255 e. The number of likely N-dealkylation sites (N-methyl/N-ethyl adjacent to an activating group) is 1. The monoisotopic (exact) mass is 589 g/mol. The van der Waals surface area contributed by atoms with Crippen LogP contribution in [0.15, 0.2) is 47.2 Å². The lowest BCUT2D eigenvalue weighted by molar-refractivity contribution is -0.153. The normalized spacial score (nSPS) is 25.5. The lowest BCUT2D eigenvalue weighted by Crippen LogP contribution is -2.65. The van der Waals surface area contributed by atoms with E-state index in [2.05, 4.69) is 0 Å². The second-order valence-electron chi connectivity index (χ2n) is 13.3. The van der Waals surface area contributed by atoms with Crippen molar-refractivity contribution in [2.24, 2.45) is 17.6 Å². The molecule has 4 atom stereocenters. The van der Waals surface area contributed by atoms with Crippen LogP contribution in [0.2, 0.25) is 0 Å². The minimum absolute atomic E-state index is 0.0343. The molecule has 0 spiro atoms. The maximum Gasteiger partial charge on any atom is 0.255 e. The summed E-state index contributed by atoms with van der Waals surface area (Å²) >= 11 is 0. The van der Waals surface area contributed by atoms with Gasteiger partial charge < -0.3 is 31.1 Å². The molecule has 0 radical (unpaired) electrons. The topological polar surface area (TPSA) is 165 Å². The molecule has 1 saturated carbocycles. The number of hydrogen-bond donors (Lipinski definition) is 5. The molecule has 228 valence electrons. The first-order valence-corrected chi connectivity index (χ1v) is 14.2. The molecule has 0 aromatic heterocycles. The maximum atomic E-state index is 14.2. The van der Waals surface area contributed by atoms with Gasteiger partial charge in [0.05, 0.1) is 11.6 Å². The lowest BCUT2D eigenvalue weighted by atomic mass is 9.57. The molecule has 10 nitrogen and oxygen atoms in total. The quantitative estimate of drug-likeness (QED) is 0.337. The van der Waals surface area contributed by atoms with E-state index in [9.17, 15) is 34.8 Å². The summed E-state index contributed by atoms with van der Waals surface area (Å²) < 4.78 is 0. The molecule has 1 amide bonds. The van der Waals surface area contributed by atoms with E-state index in [0.29, 0.717) is 11.1 Å². The summed E-state index contributed by atoms with van der Waals surface area (Å²) in [5.74, 6) is -6.61. The Morgan fingerprint density at radius 2 is 1.63 bits per heavy atom. The third-order valence-corrected chi connectivity index (χ3v) is 9.22. The number of benzene rings is 2. The van der Waals surface area contributed by atoms with Crippen molar-refractivity contribution in [2.75, 3.05) is 33.1 Å². The van der Waals surface area contributed by atoms with Crippen LogP contribution in [0.25, 0.3) is 16.9 Å². The number of aliphatic hydroxyl groups excluding tert-OH is 2. The highest BCUT2D eigenvalue weighted by Crippen LogP contribution is 2.55. The van der Waals surface area contributed by atoms with Crippen LogP contribution in [0.3, 0.4) is 0 Å². The number of hydrogen-bond acceptors (Lipinski definition) is 9. The van der Waals surface area contributed by atoms with E-state index in [1.54, 1.807) is 14.1 Å². The molecule has 10 heteroatoms. The number of phenols is 1. The second-order valence-corrected chi connectivity index (χ2v) is 13.3. The highest BCUT2D eigenvalue weighted by molar-refractivity contribution is 6.24. The molecule has 0 saturated heterocycles. The van der Waals surface area contributed by atoms with E-state index in [0.717, 1.165) is 16.8 Å². The predicted molar refractivity (Wildman–Crippen MR) is 163 cm³/mol. The summed E-state index contributed by atoms with van der Waals surface area (Å²) in [7, 11) is 7.04. The van der Waals surface area contributed by atoms with Crippen molar-refractivity contribution in [1.82, 2.24) is 4.90 Å². The molecule has 3 aliphatic rings. The number of aliphatic hydroxyl groups is 3. The van der Waals surface area contributed by atoms with Crippen molar-refractivity contribution in [1.29, 1.82) is 0 Å². The average Bonchev–Trinajstić information content (AvgIpc) is 2.90. The van der Waals surface area contributed by atoms with E-state index < -0.39 is 63.5 Å². The zero-order valence-electron chi connectivity index (χ0n) is 25.5. The summed E-state index contributed by atoms with van der Waals surface area (Å²) in [5.41, 5.74) is 5.12. The minimum atomic E-state index is -2.67. The van der Waals surface area contributed by atoms with Gasteiger partial charge in [0.1, 0.15) is 22.8 Å². The van der Waals surface area contributed by atoms with E-state index in [1.165, 1.54) is 4.90 Å². The van der Waals surface area contributed by atoms with Crippen LogP contribution in [0.4, 0.5) is 5.69 Å². The molecule has 3 aliphatic carbocycles. The molecular formula is C33H39N3O7. The van der Waals surface area contributed by atoms with E-state index in [1.807, 2.05) is 70.1 Å². The van der Waals surface area contributed by atoms with Gasteiger partial charge in [0.15, 0.2) is 11.4 Å². The standard InChI is InChI=1S/C33H39N3O7/c1-32(2,3)21-14-18(15-8-10-17(11-9-15)35(4)5)19-12-16-13-20-25(36(6)7)28(39)24(31(34)42)30(41)33(20,43)29(40)22(16)27(38)23(19)26(21)37/h8-11,14,16,20,25,37-38,41,43H,12-13H2,1-7H3,(H2,34,42)/t16-,20-,25?,33-/m1/s1. The number of ketones is 2. The van der Waals surface area contributed by atoms with Gasteiger partial charge >= 0.3 is 0 Å². The number of nitrogens with two attached hydrogens (primary N) is 1. The molecule has 6 N–H and O–H groups in total. The van der Waals surface area contributed by atoms with Crippen LogP contribution < -0.4 is 10.6 Å². The van der Waals surface area contributed by atoms with Crippen molar-refractivity contribution in [3.05, 3.63) is 63.9 Å². The number of primary amides is 1. The van der Waals surface area contributed by atoms with Crippen molar-refractivity contribution < 1.29 is 34.8 Å². The second kappa shape index (κ2) is 9.96. The Labute approximate surface area is 250 Å². The maximum absolute atomic E-state index is 14.2. The van der Waals surface area contributed by atoms with Crippen LogP contribution in [0, 0.1) is 11.8 Å². The third-order valence-electron chi connectivity index (χ3n) is 9.22. The van der Waals surface area contributed by atoms with Crippen LogP contribution in [-0.2, 0) is 26.2 Å². The first-order valence-electron chi connectivity index (χ1n) is 14.2. The number of phenolic OH excluding ortho intramolecular Hbond substituents is 1. The average molecular weight is 590 g/mol. The van der Waals surface area contributed by atoms with Gasteiger partial charge in [0, 0.05) is 36.8 Å². The summed E-state index contributed by atoms with van der Waals surface area (Å²) in [5, 5.41) is 46.3. The molecule has 1 fully saturated rings. The molecule has 0 heterocycles.